The predicted octanol–water partition coefficient (Wildman–Crippen LogP) is 2.61. The average molecular weight is 309 g/mol. The summed E-state index contributed by atoms with van der Waals surface area (Å²) >= 11 is 0. The molecule has 3 N–H and O–H groups in total. The van der Waals surface area contributed by atoms with Crippen LogP contribution in [0.1, 0.15) is 0 Å². The summed E-state index contributed by atoms with van der Waals surface area (Å²) in [7, 11) is -3.17. The van der Waals surface area contributed by atoms with Crippen LogP contribution in [0.3, 0.4) is 0 Å². The largest absolute Gasteiger partial charge is 0.505 e. The fourth-order valence-electron chi connectivity index (χ4n) is 2.51. The Kier molecular flexibility index (Phi) is 3.74. The quantitative estimate of drug-likeness (QED) is 0.444. The zero-order valence-corrected chi connectivity index (χ0v) is 12.8. The molecule has 0 aliphatic rings. The molecule has 0 atom stereocenters. The van der Waals surface area contributed by atoms with Gasteiger partial charge in [0.2, 0.25) is 0 Å². The van der Waals surface area contributed by atoms with Crippen molar-refractivity contribution in [1.82, 2.24) is 0 Å². The molecule has 22 heavy (non-hydrogen) atoms. The molecule has 3 rings (SSSR count). The van der Waals surface area contributed by atoms with E-state index in [4.69, 9.17) is 5.73 Å². The lowest BCUT2D eigenvalue weighted by Gasteiger charge is -2.21. The van der Waals surface area contributed by atoms with Gasteiger partial charge < -0.3 is 15.4 Å². The van der Waals surface area contributed by atoms with Crippen LogP contribution in [0.2, 0.25) is 0 Å². The number of nitrogens with two attached hydrogens (primary N) is 1. The minimum Gasteiger partial charge on any atom is -0.505 e. The van der Waals surface area contributed by atoms with E-state index in [1.165, 1.54) is 0 Å². The Morgan fingerprint density at radius 1 is 0.727 bits per heavy atom. The first-order chi connectivity index (χ1) is 10.6. The van der Waals surface area contributed by atoms with E-state index in [1.54, 1.807) is 18.2 Å². The van der Waals surface area contributed by atoms with E-state index < -0.39 is 7.14 Å². The number of phenolic OH excluding ortho intramolecular Hbond substituents is 1. The highest BCUT2D eigenvalue weighted by Crippen LogP contribution is 2.45. The Labute approximate surface area is 129 Å². The molecule has 4 heteroatoms. The highest BCUT2D eigenvalue weighted by molar-refractivity contribution is 7.85. The van der Waals surface area contributed by atoms with Crippen LogP contribution in [0.4, 0.5) is 5.69 Å². The van der Waals surface area contributed by atoms with Gasteiger partial charge in [0, 0.05) is 10.6 Å². The standard InChI is InChI=1S/C18H16NO2P/c19-16-12-7-13-17(18(16)20)22(21,14-8-3-1-4-9-14)15-10-5-2-6-11-15/h1-13,20H,19H2. The number of benzene rings is 3. The molecular formula is C18H16NO2P. The summed E-state index contributed by atoms with van der Waals surface area (Å²) in [5.41, 5.74) is 6.03. The first kappa shape index (κ1) is 14.4. The first-order valence-electron chi connectivity index (χ1n) is 6.93. The molecule has 0 amide bonds. The normalized spacial score (nSPS) is 11.3. The molecule has 0 saturated carbocycles. The van der Waals surface area contributed by atoms with E-state index in [-0.39, 0.29) is 11.4 Å². The van der Waals surface area contributed by atoms with Gasteiger partial charge in [-0.15, -0.1) is 0 Å². The van der Waals surface area contributed by atoms with Crippen LogP contribution in [0.25, 0.3) is 0 Å². The van der Waals surface area contributed by atoms with Crippen LogP contribution in [0.15, 0.2) is 78.9 Å². The van der Waals surface area contributed by atoms with Crippen molar-refractivity contribution in [2.45, 2.75) is 0 Å². The van der Waals surface area contributed by atoms with Crippen LogP contribution in [0, 0.1) is 0 Å². The highest BCUT2D eigenvalue weighted by Gasteiger charge is 2.32. The van der Waals surface area contributed by atoms with E-state index >= 15 is 0 Å². The third kappa shape index (κ3) is 2.30. The molecule has 0 aliphatic heterocycles. The minimum atomic E-state index is -3.17. The fraction of sp³-hybridized carbons (Fsp3) is 0. The van der Waals surface area contributed by atoms with Crippen LogP contribution < -0.4 is 21.6 Å². The highest BCUT2D eigenvalue weighted by atomic mass is 31.2. The number of anilines is 1. The van der Waals surface area contributed by atoms with E-state index in [0.717, 1.165) is 0 Å². The van der Waals surface area contributed by atoms with Crippen LogP contribution in [-0.4, -0.2) is 5.11 Å². The van der Waals surface area contributed by atoms with Crippen molar-refractivity contribution in [3.63, 3.8) is 0 Å². The lowest BCUT2D eigenvalue weighted by molar-refractivity contribution is 0.481. The number of rotatable bonds is 3. The van der Waals surface area contributed by atoms with Crippen molar-refractivity contribution in [3.05, 3.63) is 78.9 Å². The van der Waals surface area contributed by atoms with Crippen molar-refractivity contribution >= 4 is 28.7 Å². The third-order valence-electron chi connectivity index (χ3n) is 3.62. The summed E-state index contributed by atoms with van der Waals surface area (Å²) in [5, 5.41) is 12.1. The molecule has 3 nitrogen and oxygen atoms in total. The monoisotopic (exact) mass is 309 g/mol. The van der Waals surface area contributed by atoms with Gasteiger partial charge in [0.1, 0.15) is 5.75 Å². The van der Waals surface area contributed by atoms with Crippen molar-refractivity contribution in [3.8, 4) is 5.75 Å². The van der Waals surface area contributed by atoms with Gasteiger partial charge in [0.25, 0.3) is 0 Å². The molecule has 0 aromatic heterocycles. The Balaban J connectivity index is 2.34. The molecule has 3 aromatic rings. The van der Waals surface area contributed by atoms with E-state index in [2.05, 4.69) is 0 Å². The van der Waals surface area contributed by atoms with Crippen LogP contribution >= 0.6 is 7.14 Å². The SMILES string of the molecule is Nc1cccc(P(=O)(c2ccccc2)c2ccccc2)c1O. The number of hydrogen-bond donors (Lipinski definition) is 2. The maximum Gasteiger partial charge on any atom is 0.174 e. The summed E-state index contributed by atoms with van der Waals surface area (Å²) in [6.45, 7) is 0. The summed E-state index contributed by atoms with van der Waals surface area (Å²) < 4.78 is 14.0. The van der Waals surface area contributed by atoms with Gasteiger partial charge in [-0.25, -0.2) is 0 Å². The first-order valence-corrected chi connectivity index (χ1v) is 8.64. The molecule has 0 fully saturated rings. The van der Waals surface area contributed by atoms with Crippen molar-refractivity contribution in [2.75, 3.05) is 5.73 Å². The van der Waals surface area contributed by atoms with E-state index in [0.29, 0.717) is 15.9 Å². The molecule has 0 unspecified atom stereocenters. The van der Waals surface area contributed by atoms with E-state index in [9.17, 15) is 9.67 Å². The third-order valence-corrected chi connectivity index (χ3v) is 6.71. The fourth-order valence-corrected chi connectivity index (χ4v) is 5.27. The van der Waals surface area contributed by atoms with Crippen molar-refractivity contribution in [1.29, 1.82) is 0 Å². The number of hydrogen-bond acceptors (Lipinski definition) is 3. The lowest BCUT2D eigenvalue weighted by Crippen LogP contribution is -2.25. The zero-order chi connectivity index (χ0) is 15.6. The van der Waals surface area contributed by atoms with Crippen molar-refractivity contribution < 1.29 is 9.67 Å². The smallest absolute Gasteiger partial charge is 0.174 e. The number of nitrogen functional groups attached to an aromatic ring is 1. The van der Waals surface area contributed by atoms with Gasteiger partial charge in [-0.3, -0.25) is 0 Å². The molecular weight excluding hydrogens is 293 g/mol. The summed E-state index contributed by atoms with van der Waals surface area (Å²) in [6, 6.07) is 23.4. The second kappa shape index (κ2) is 5.70. The Morgan fingerprint density at radius 3 is 1.73 bits per heavy atom. The predicted molar refractivity (Wildman–Crippen MR) is 91.9 cm³/mol. The molecule has 110 valence electrons. The molecule has 3 aromatic carbocycles. The summed E-state index contributed by atoms with van der Waals surface area (Å²) in [6.07, 6.45) is 0. The number of phenols is 1. The molecule has 0 saturated heterocycles. The summed E-state index contributed by atoms with van der Waals surface area (Å²) in [5.74, 6) is -0.112. The van der Waals surface area contributed by atoms with Gasteiger partial charge in [0.05, 0.1) is 11.0 Å². The van der Waals surface area contributed by atoms with Crippen molar-refractivity contribution in [2.24, 2.45) is 0 Å². The molecule has 0 bridgehead atoms. The maximum absolute atomic E-state index is 14.0. The second-order valence-corrected chi connectivity index (χ2v) is 7.73. The van der Waals surface area contributed by atoms with Gasteiger partial charge in [-0.05, 0) is 12.1 Å². The Morgan fingerprint density at radius 2 is 1.23 bits per heavy atom. The Hall–Kier alpha value is -2.51. The molecule has 0 spiro atoms. The Bertz CT molecular complexity index is 789. The lowest BCUT2D eigenvalue weighted by atomic mass is 10.3. The number of para-hydroxylation sites is 1. The molecule has 0 heterocycles. The number of aromatic hydroxyl groups is 1. The topological polar surface area (TPSA) is 63.3 Å². The van der Waals surface area contributed by atoms with Gasteiger partial charge in [0.15, 0.2) is 7.14 Å². The molecule has 0 radical (unpaired) electrons. The van der Waals surface area contributed by atoms with Gasteiger partial charge in [-0.1, -0.05) is 66.7 Å². The average Bonchev–Trinajstić information content (AvgIpc) is 2.58. The minimum absolute atomic E-state index is 0.112. The molecule has 0 aliphatic carbocycles. The van der Waals surface area contributed by atoms with Crippen LogP contribution in [-0.2, 0) is 4.57 Å². The van der Waals surface area contributed by atoms with E-state index in [1.807, 2.05) is 60.7 Å². The van der Waals surface area contributed by atoms with Gasteiger partial charge >= 0.3 is 0 Å². The zero-order valence-electron chi connectivity index (χ0n) is 11.9. The second-order valence-electron chi connectivity index (χ2n) is 5.00. The van der Waals surface area contributed by atoms with Crippen LogP contribution in [0.5, 0.6) is 5.75 Å². The maximum atomic E-state index is 14.0. The van der Waals surface area contributed by atoms with Gasteiger partial charge in [-0.2, -0.15) is 0 Å². The summed E-state index contributed by atoms with van der Waals surface area (Å²) in [4.78, 5) is 0.